The number of nitrogens with zero attached hydrogens (tertiary/aromatic N) is 5. The molecule has 3 atom stereocenters. The minimum atomic E-state index is -0.729. The number of aromatic hydroxyl groups is 1. The Morgan fingerprint density at radius 3 is 2.77 bits per heavy atom. The molecule has 40 heavy (non-hydrogen) atoms. The second-order valence-electron chi connectivity index (χ2n) is 10.7. The van der Waals surface area contributed by atoms with E-state index in [-0.39, 0.29) is 88.5 Å². The molecule has 5 heterocycles. The first-order valence-corrected chi connectivity index (χ1v) is 13.6. The van der Waals surface area contributed by atoms with E-state index in [2.05, 4.69) is 11.5 Å². The van der Waals surface area contributed by atoms with E-state index in [9.17, 15) is 19.5 Å². The van der Waals surface area contributed by atoms with Crippen LogP contribution in [-0.4, -0.2) is 100.0 Å². The van der Waals surface area contributed by atoms with Crippen molar-refractivity contribution in [3.63, 3.8) is 0 Å². The molecule has 1 N–H and O–H groups in total. The van der Waals surface area contributed by atoms with E-state index < -0.39 is 11.9 Å². The fourth-order valence-electron chi connectivity index (χ4n) is 6.24. The molecule has 0 saturated carbocycles. The summed E-state index contributed by atoms with van der Waals surface area (Å²) in [5, 5.41) is 10.5. The van der Waals surface area contributed by atoms with Crippen molar-refractivity contribution >= 4 is 35.0 Å². The van der Waals surface area contributed by atoms with Crippen molar-refractivity contribution in [1.82, 2.24) is 19.7 Å². The quantitative estimate of drug-likeness (QED) is 0.563. The molecule has 210 valence electrons. The fraction of sp³-hybridized carbons (Fsp3) is 0.429. The van der Waals surface area contributed by atoms with Crippen LogP contribution in [0.1, 0.15) is 30.1 Å². The number of hydrogen-bond donors (Lipinski definition) is 1. The Morgan fingerprint density at radius 2 is 2.02 bits per heavy atom. The number of ketones is 1. The molecule has 3 fully saturated rings. The van der Waals surface area contributed by atoms with E-state index in [4.69, 9.17) is 21.3 Å². The molecular formula is C28H29ClFN5O5. The van der Waals surface area contributed by atoms with Crippen LogP contribution in [-0.2, 0) is 9.59 Å². The average Bonchev–Trinajstić information content (AvgIpc) is 3.22. The van der Waals surface area contributed by atoms with Crippen LogP contribution in [0.5, 0.6) is 11.5 Å². The number of aromatic nitrogens is 1. The van der Waals surface area contributed by atoms with Crippen molar-refractivity contribution in [2.75, 3.05) is 44.4 Å². The van der Waals surface area contributed by atoms with Gasteiger partial charge in [0.1, 0.15) is 46.1 Å². The zero-order valence-electron chi connectivity index (χ0n) is 22.0. The van der Waals surface area contributed by atoms with E-state index in [0.29, 0.717) is 32.6 Å². The van der Waals surface area contributed by atoms with Crippen molar-refractivity contribution in [2.24, 2.45) is 0 Å². The number of pyridine rings is 1. The van der Waals surface area contributed by atoms with E-state index in [1.807, 2.05) is 11.8 Å². The Morgan fingerprint density at radius 1 is 1.23 bits per heavy atom. The number of amides is 2. The van der Waals surface area contributed by atoms with E-state index >= 15 is 4.39 Å². The predicted molar refractivity (Wildman–Crippen MR) is 145 cm³/mol. The molecule has 2 aromatic rings. The number of halogens is 2. The summed E-state index contributed by atoms with van der Waals surface area (Å²) in [5.41, 5.74) is -0.100. The monoisotopic (exact) mass is 569 g/mol. The second kappa shape index (κ2) is 10.0. The standard InChI is InChI=1S/C28H29ClFN5O5/c1-3-21(38)32-7-8-34-17(11-32)13-40-26-23(28(34)39)27(35-14-33-12-18(36)10-16(33)9-15(35)2)31-25(24(26)29)22-19(30)5-4-6-20(22)37/h3-6,15-17,37H,1,7-14H2,2H3/t15-,16?,17+/m0/s1. The van der Waals surface area contributed by atoms with Crippen LogP contribution in [0.3, 0.4) is 0 Å². The van der Waals surface area contributed by atoms with Gasteiger partial charge in [0.25, 0.3) is 5.91 Å². The zero-order valence-corrected chi connectivity index (χ0v) is 22.7. The average molecular weight is 570 g/mol. The molecule has 0 aliphatic carbocycles. The fourth-order valence-corrected chi connectivity index (χ4v) is 6.52. The van der Waals surface area contributed by atoms with E-state index in [1.54, 1.807) is 9.80 Å². The van der Waals surface area contributed by atoms with E-state index in [1.165, 1.54) is 24.3 Å². The van der Waals surface area contributed by atoms with Gasteiger partial charge in [-0.05, 0) is 31.6 Å². The van der Waals surface area contributed by atoms with Gasteiger partial charge in [0.15, 0.2) is 5.75 Å². The molecule has 4 aliphatic heterocycles. The minimum absolute atomic E-state index is 0.0454. The summed E-state index contributed by atoms with van der Waals surface area (Å²) in [5.74, 6) is -1.21. The molecular weight excluding hydrogens is 541 g/mol. The van der Waals surface area contributed by atoms with Crippen LogP contribution in [0.2, 0.25) is 5.02 Å². The molecule has 0 bridgehead atoms. The first kappa shape index (κ1) is 26.5. The number of carbonyl (C=O) groups is 3. The van der Waals surface area contributed by atoms with Crippen molar-refractivity contribution in [3.8, 4) is 22.8 Å². The maximum atomic E-state index is 15.1. The van der Waals surface area contributed by atoms with Gasteiger partial charge in [-0.2, -0.15) is 0 Å². The molecule has 1 aromatic carbocycles. The number of Topliss-reactive ketones (excluding diaryl/α,β-unsaturated/α-hetero) is 1. The first-order chi connectivity index (χ1) is 19.2. The number of fused-ring (bicyclic) bond motifs is 3. The zero-order chi connectivity index (χ0) is 28.3. The van der Waals surface area contributed by atoms with Crippen molar-refractivity contribution in [3.05, 3.63) is 47.3 Å². The van der Waals surface area contributed by atoms with E-state index in [0.717, 1.165) is 0 Å². The maximum Gasteiger partial charge on any atom is 0.261 e. The largest absolute Gasteiger partial charge is 0.507 e. The summed E-state index contributed by atoms with van der Waals surface area (Å²) in [6, 6.07) is 3.44. The van der Waals surface area contributed by atoms with Gasteiger partial charge in [0.05, 0.1) is 24.8 Å². The summed E-state index contributed by atoms with van der Waals surface area (Å²) in [4.78, 5) is 50.7. The predicted octanol–water partition coefficient (Wildman–Crippen LogP) is 2.68. The smallest absolute Gasteiger partial charge is 0.261 e. The Bertz CT molecular complexity index is 1420. The van der Waals surface area contributed by atoms with Crippen LogP contribution in [0, 0.1) is 5.82 Å². The number of piperazine rings is 1. The summed E-state index contributed by atoms with van der Waals surface area (Å²) in [7, 11) is 0. The Labute approximate surface area is 235 Å². The summed E-state index contributed by atoms with van der Waals surface area (Å²) >= 11 is 6.81. The number of benzene rings is 1. The molecule has 3 saturated heterocycles. The number of rotatable bonds is 3. The SMILES string of the molecule is C=CC(=O)N1CCN2C(=O)c3c(N4CN5CC(=O)CC5C[C@@H]4C)nc(-c4c(O)cccc4F)c(Cl)c3OC[C@H]2C1. The molecule has 2 amide bonds. The van der Waals surface area contributed by atoms with Gasteiger partial charge >= 0.3 is 0 Å². The highest BCUT2D eigenvalue weighted by atomic mass is 35.5. The van der Waals surface area contributed by atoms with Crippen molar-refractivity contribution < 1.29 is 28.6 Å². The molecule has 1 aromatic heterocycles. The van der Waals surface area contributed by atoms with Gasteiger partial charge in [-0.1, -0.05) is 24.2 Å². The lowest BCUT2D eigenvalue weighted by atomic mass is 10.0. The Kier molecular flexibility index (Phi) is 6.66. The molecule has 0 radical (unpaired) electrons. The molecule has 1 unspecified atom stereocenters. The number of ether oxygens (including phenoxy) is 1. The van der Waals surface area contributed by atoms with Gasteiger partial charge in [0, 0.05) is 38.1 Å². The highest BCUT2D eigenvalue weighted by Crippen LogP contribution is 2.47. The number of carbonyl (C=O) groups excluding carboxylic acids is 3. The lowest BCUT2D eigenvalue weighted by molar-refractivity contribution is -0.128. The van der Waals surface area contributed by atoms with Crippen LogP contribution < -0.4 is 9.64 Å². The number of phenolic OH excluding ortho intramolecular Hbond substituents is 1. The van der Waals surface area contributed by atoms with Crippen molar-refractivity contribution in [2.45, 2.75) is 37.9 Å². The van der Waals surface area contributed by atoms with Gasteiger partial charge in [-0.15, -0.1) is 0 Å². The van der Waals surface area contributed by atoms with Gasteiger partial charge < -0.3 is 24.5 Å². The number of hydrogen-bond acceptors (Lipinski definition) is 8. The molecule has 0 spiro atoms. The van der Waals surface area contributed by atoms with Gasteiger partial charge in [-0.25, -0.2) is 9.37 Å². The Hall–Kier alpha value is -3.70. The molecule has 4 aliphatic rings. The second-order valence-corrected chi connectivity index (χ2v) is 11.1. The van der Waals surface area contributed by atoms with Crippen LogP contribution >= 0.6 is 11.6 Å². The van der Waals surface area contributed by atoms with Crippen molar-refractivity contribution in [1.29, 1.82) is 0 Å². The van der Waals surface area contributed by atoms with Crippen LogP contribution in [0.15, 0.2) is 30.9 Å². The third-order valence-electron chi connectivity index (χ3n) is 8.28. The maximum absolute atomic E-state index is 15.1. The lowest BCUT2D eigenvalue weighted by Crippen LogP contribution is -2.57. The molecule has 10 nitrogen and oxygen atoms in total. The minimum Gasteiger partial charge on any atom is -0.507 e. The first-order valence-electron chi connectivity index (χ1n) is 13.3. The van der Waals surface area contributed by atoms with Crippen LogP contribution in [0.4, 0.5) is 10.2 Å². The number of anilines is 1. The topological polar surface area (TPSA) is 107 Å². The van der Waals surface area contributed by atoms with Gasteiger partial charge in [0.2, 0.25) is 5.91 Å². The molecule has 6 rings (SSSR count). The third-order valence-corrected chi connectivity index (χ3v) is 8.63. The normalized spacial score (nSPS) is 24.7. The highest BCUT2D eigenvalue weighted by Gasteiger charge is 2.44. The number of phenols is 1. The lowest BCUT2D eigenvalue weighted by Gasteiger charge is -2.43. The Balaban J connectivity index is 1.50. The summed E-state index contributed by atoms with van der Waals surface area (Å²) < 4.78 is 21.3. The highest BCUT2D eigenvalue weighted by molar-refractivity contribution is 6.35. The third kappa shape index (κ3) is 4.28. The summed E-state index contributed by atoms with van der Waals surface area (Å²) in [6.07, 6.45) is 2.39. The van der Waals surface area contributed by atoms with Gasteiger partial charge in [-0.3, -0.25) is 19.3 Å². The van der Waals surface area contributed by atoms with Crippen LogP contribution in [0.25, 0.3) is 11.3 Å². The summed E-state index contributed by atoms with van der Waals surface area (Å²) in [6.45, 7) is 7.09. The molecule has 12 heteroatoms.